The number of esters is 1. The van der Waals surface area contributed by atoms with Gasteiger partial charge in [0, 0.05) is 12.4 Å². The van der Waals surface area contributed by atoms with E-state index < -0.39 is 18.2 Å². The maximum atomic E-state index is 11.1. The molecule has 1 rings (SSSR count). The Balaban J connectivity index is 2.73. The van der Waals surface area contributed by atoms with Crippen molar-refractivity contribution < 1.29 is 19.7 Å². The third kappa shape index (κ3) is 3.13. The minimum atomic E-state index is -1.71. The molecule has 2 unspecified atom stereocenters. The second-order valence-corrected chi connectivity index (χ2v) is 3.34. The number of aliphatic hydroxyl groups is 2. The highest BCUT2D eigenvalue weighted by Crippen LogP contribution is 2.14. The molecule has 0 fully saturated rings. The van der Waals surface area contributed by atoms with Crippen molar-refractivity contribution >= 4 is 17.6 Å². The van der Waals surface area contributed by atoms with Gasteiger partial charge in [-0.1, -0.05) is 11.6 Å². The van der Waals surface area contributed by atoms with Crippen LogP contribution in [0.3, 0.4) is 0 Å². The van der Waals surface area contributed by atoms with Crippen LogP contribution in [0.25, 0.3) is 0 Å². The summed E-state index contributed by atoms with van der Waals surface area (Å²) in [5.74, 6) is -1.02. The van der Waals surface area contributed by atoms with Crippen LogP contribution in [0.4, 0.5) is 0 Å². The molecule has 0 spiro atoms. The molecule has 0 aliphatic heterocycles. The molecule has 0 aliphatic carbocycles. The van der Waals surface area contributed by atoms with Gasteiger partial charge < -0.3 is 14.9 Å². The quantitative estimate of drug-likeness (QED) is 0.732. The van der Waals surface area contributed by atoms with Crippen LogP contribution in [0, 0.1) is 0 Å². The van der Waals surface area contributed by atoms with Crippen LogP contribution in [-0.2, 0) is 9.53 Å². The number of carbonyl (C=O) groups excluding carboxylic acids is 1. The fraction of sp³-hybridized carbons (Fsp3) is 0.444. The van der Waals surface area contributed by atoms with Crippen molar-refractivity contribution in [3.63, 3.8) is 0 Å². The van der Waals surface area contributed by atoms with Crippen molar-refractivity contribution in [3.8, 4) is 0 Å². The molecule has 0 amide bonds. The molecule has 0 bridgehead atoms. The van der Waals surface area contributed by atoms with Gasteiger partial charge in [-0.2, -0.15) is 0 Å². The van der Waals surface area contributed by atoms with Gasteiger partial charge >= 0.3 is 5.97 Å². The molecule has 1 aromatic heterocycles. The molecule has 88 valence electrons. The summed E-state index contributed by atoms with van der Waals surface area (Å²) in [4.78, 5) is 18.5. The monoisotopic (exact) mass is 246 g/mol. The van der Waals surface area contributed by atoms with E-state index in [9.17, 15) is 15.0 Å². The molecule has 16 heavy (non-hydrogen) atoms. The summed E-state index contributed by atoms with van der Waals surface area (Å²) < 4.78 is 4.54. The van der Waals surface area contributed by atoms with Crippen molar-refractivity contribution in [2.75, 3.05) is 6.61 Å². The Morgan fingerprint density at radius 3 is 2.56 bits per heavy atom. The summed E-state index contributed by atoms with van der Waals surface area (Å²) in [6.07, 6.45) is -0.729. The van der Waals surface area contributed by atoms with Crippen LogP contribution in [-0.4, -0.2) is 38.9 Å². The first-order valence-corrected chi connectivity index (χ1v) is 4.94. The number of aromatic nitrogens is 2. The Morgan fingerprint density at radius 1 is 1.50 bits per heavy atom. The summed E-state index contributed by atoms with van der Waals surface area (Å²) in [5.41, 5.74) is 0. The number of rotatable bonds is 4. The van der Waals surface area contributed by atoms with Crippen molar-refractivity contribution in [3.05, 3.63) is 23.2 Å². The van der Waals surface area contributed by atoms with E-state index in [2.05, 4.69) is 14.7 Å². The highest BCUT2D eigenvalue weighted by atomic mass is 35.5. The lowest BCUT2D eigenvalue weighted by Gasteiger charge is -2.14. The Hall–Kier alpha value is -1.24. The van der Waals surface area contributed by atoms with Crippen LogP contribution in [0.2, 0.25) is 5.02 Å². The average molecular weight is 247 g/mol. The van der Waals surface area contributed by atoms with E-state index in [-0.39, 0.29) is 12.4 Å². The zero-order valence-corrected chi connectivity index (χ0v) is 9.26. The van der Waals surface area contributed by atoms with Gasteiger partial charge in [0.2, 0.25) is 0 Å². The van der Waals surface area contributed by atoms with Crippen LogP contribution >= 0.6 is 11.6 Å². The summed E-state index contributed by atoms with van der Waals surface area (Å²) in [5, 5.41) is 19.3. The van der Waals surface area contributed by atoms with E-state index in [0.29, 0.717) is 5.02 Å². The van der Waals surface area contributed by atoms with Crippen molar-refractivity contribution in [1.29, 1.82) is 0 Å². The predicted octanol–water partition coefficient (Wildman–Crippen LogP) is 0.0874. The molecule has 2 atom stereocenters. The second-order valence-electron chi connectivity index (χ2n) is 2.90. The van der Waals surface area contributed by atoms with E-state index in [1.807, 2.05) is 0 Å². The van der Waals surface area contributed by atoms with E-state index in [0.717, 1.165) is 0 Å². The summed E-state index contributed by atoms with van der Waals surface area (Å²) in [6.45, 7) is 1.71. The first-order valence-electron chi connectivity index (χ1n) is 4.56. The van der Waals surface area contributed by atoms with Crippen LogP contribution in [0.15, 0.2) is 12.4 Å². The number of hydrogen-bond donors (Lipinski definition) is 2. The van der Waals surface area contributed by atoms with Crippen molar-refractivity contribution in [2.24, 2.45) is 0 Å². The first-order chi connectivity index (χ1) is 7.56. The number of halogens is 1. The number of aliphatic hydroxyl groups excluding tert-OH is 2. The lowest BCUT2D eigenvalue weighted by atomic mass is 10.2. The average Bonchev–Trinajstić information content (AvgIpc) is 2.28. The van der Waals surface area contributed by atoms with Gasteiger partial charge in [-0.25, -0.2) is 14.8 Å². The molecule has 0 saturated heterocycles. The van der Waals surface area contributed by atoms with Crippen molar-refractivity contribution in [2.45, 2.75) is 19.1 Å². The molecule has 2 N–H and O–H groups in total. The Labute approximate surface area is 96.9 Å². The van der Waals surface area contributed by atoms with E-state index in [4.69, 9.17) is 11.6 Å². The fourth-order valence-corrected chi connectivity index (χ4v) is 1.07. The zero-order valence-electron chi connectivity index (χ0n) is 8.50. The maximum absolute atomic E-state index is 11.1. The van der Waals surface area contributed by atoms with Crippen molar-refractivity contribution in [1.82, 2.24) is 9.97 Å². The Morgan fingerprint density at radius 2 is 2.06 bits per heavy atom. The lowest BCUT2D eigenvalue weighted by Crippen LogP contribution is -2.30. The zero-order chi connectivity index (χ0) is 12.1. The van der Waals surface area contributed by atoms with Crippen LogP contribution < -0.4 is 0 Å². The van der Waals surface area contributed by atoms with E-state index in [1.165, 1.54) is 12.4 Å². The number of hydrogen-bond acceptors (Lipinski definition) is 6. The third-order valence-electron chi connectivity index (χ3n) is 1.73. The maximum Gasteiger partial charge on any atom is 0.338 e. The highest BCUT2D eigenvalue weighted by Gasteiger charge is 2.28. The minimum absolute atomic E-state index is 0.0926. The summed E-state index contributed by atoms with van der Waals surface area (Å²) >= 11 is 5.55. The molecule has 1 heterocycles. The van der Waals surface area contributed by atoms with Gasteiger partial charge in [0.15, 0.2) is 18.0 Å². The molecule has 0 saturated carbocycles. The molecular weight excluding hydrogens is 236 g/mol. The highest BCUT2D eigenvalue weighted by molar-refractivity contribution is 6.30. The van der Waals surface area contributed by atoms with E-state index in [1.54, 1.807) is 6.92 Å². The minimum Gasteiger partial charge on any atom is -0.464 e. The van der Waals surface area contributed by atoms with Gasteiger partial charge in [-0.3, -0.25) is 0 Å². The SMILES string of the molecule is CCOC(=O)C(O)C(O)c1ncc(Cl)cn1. The molecule has 0 aromatic carbocycles. The summed E-state index contributed by atoms with van der Waals surface area (Å²) in [6, 6.07) is 0. The fourth-order valence-electron chi connectivity index (χ4n) is 0.973. The number of carbonyl (C=O) groups is 1. The van der Waals surface area contributed by atoms with Gasteiger partial charge in [-0.15, -0.1) is 0 Å². The Bertz CT molecular complexity index is 357. The lowest BCUT2D eigenvalue weighted by molar-refractivity contribution is -0.159. The smallest absolute Gasteiger partial charge is 0.338 e. The topological polar surface area (TPSA) is 92.5 Å². The van der Waals surface area contributed by atoms with Gasteiger partial charge in [0.05, 0.1) is 11.6 Å². The second kappa shape index (κ2) is 5.74. The largest absolute Gasteiger partial charge is 0.464 e. The van der Waals surface area contributed by atoms with Gasteiger partial charge in [-0.05, 0) is 6.92 Å². The first kappa shape index (κ1) is 12.8. The number of ether oxygens (including phenoxy) is 1. The molecule has 6 nitrogen and oxygen atoms in total. The van der Waals surface area contributed by atoms with Gasteiger partial charge in [0.1, 0.15) is 0 Å². The molecule has 1 aromatic rings. The number of nitrogens with zero attached hydrogens (tertiary/aromatic N) is 2. The Kier molecular flexibility index (Phi) is 4.60. The summed E-state index contributed by atoms with van der Waals surface area (Å²) in [7, 11) is 0. The molecule has 0 radical (unpaired) electrons. The van der Waals surface area contributed by atoms with Crippen LogP contribution in [0.5, 0.6) is 0 Å². The molecule has 0 aliphatic rings. The standard InChI is InChI=1S/C9H11ClN2O4/c1-2-16-9(15)7(14)6(13)8-11-3-5(10)4-12-8/h3-4,6-7,13-14H,2H2,1H3. The normalized spacial score (nSPS) is 14.2. The predicted molar refractivity (Wildman–Crippen MR) is 54.6 cm³/mol. The van der Waals surface area contributed by atoms with E-state index >= 15 is 0 Å². The molecular formula is C9H11ClN2O4. The third-order valence-corrected chi connectivity index (χ3v) is 1.93. The van der Waals surface area contributed by atoms with Crippen LogP contribution in [0.1, 0.15) is 18.9 Å². The van der Waals surface area contributed by atoms with Gasteiger partial charge in [0.25, 0.3) is 0 Å². The molecule has 7 heteroatoms.